The molecule has 8 heteroatoms. The Hall–Kier alpha value is -2.25. The summed E-state index contributed by atoms with van der Waals surface area (Å²) >= 11 is 5.94. The van der Waals surface area contributed by atoms with Crippen molar-refractivity contribution in [3.05, 3.63) is 64.2 Å². The van der Waals surface area contributed by atoms with Crippen LogP contribution in [0, 0.1) is 5.92 Å². The molecule has 5 rings (SSSR count). The van der Waals surface area contributed by atoms with E-state index < -0.39 is 23.3 Å². The fourth-order valence-electron chi connectivity index (χ4n) is 5.19. The number of carbonyl (C=O) groups is 1. The van der Waals surface area contributed by atoms with Crippen LogP contribution < -0.4 is 11.1 Å². The van der Waals surface area contributed by atoms with Crippen molar-refractivity contribution in [2.24, 2.45) is 5.92 Å². The van der Waals surface area contributed by atoms with Crippen LogP contribution in [0.3, 0.4) is 0 Å². The van der Waals surface area contributed by atoms with Crippen molar-refractivity contribution in [1.29, 1.82) is 0 Å². The highest BCUT2D eigenvalue weighted by Crippen LogP contribution is 2.49. The molecule has 1 saturated carbocycles. The van der Waals surface area contributed by atoms with Crippen molar-refractivity contribution >= 4 is 23.2 Å². The largest absolute Gasteiger partial charge is 0.418 e. The van der Waals surface area contributed by atoms with Crippen molar-refractivity contribution < 1.29 is 18.0 Å². The predicted octanol–water partition coefficient (Wildman–Crippen LogP) is 5.29. The Kier molecular flexibility index (Phi) is 5.68. The molecule has 3 fully saturated rings. The number of hydrogen-bond donors (Lipinski definition) is 2. The molecule has 1 unspecified atom stereocenters. The van der Waals surface area contributed by atoms with Gasteiger partial charge >= 0.3 is 6.18 Å². The molecule has 2 bridgehead atoms. The Bertz CT molecular complexity index is 972. The molecule has 2 aromatic rings. The van der Waals surface area contributed by atoms with Gasteiger partial charge in [0.05, 0.1) is 22.3 Å². The molecule has 2 heterocycles. The molecule has 3 N–H and O–H groups in total. The maximum Gasteiger partial charge on any atom is 0.418 e. The number of amides is 1. The van der Waals surface area contributed by atoms with Crippen LogP contribution in [-0.2, 0) is 6.18 Å². The van der Waals surface area contributed by atoms with Crippen LogP contribution in [0.1, 0.15) is 53.2 Å². The third-order valence-electron chi connectivity index (χ3n) is 6.91. The van der Waals surface area contributed by atoms with Crippen molar-refractivity contribution in [3.63, 3.8) is 0 Å². The van der Waals surface area contributed by atoms with Crippen molar-refractivity contribution in [1.82, 2.24) is 10.2 Å². The molecule has 0 aromatic heterocycles. The Morgan fingerprint density at radius 1 is 1.23 bits per heavy atom. The SMILES string of the molecule is CN1CC2CCC1(C(NC(=O)c1cc(Cl)c(N)c(C(F)(F)F)c1)c1ccccc1)CC2. The van der Waals surface area contributed by atoms with E-state index in [9.17, 15) is 18.0 Å². The number of nitrogen functional groups attached to an aromatic ring is 1. The van der Waals surface area contributed by atoms with Gasteiger partial charge in [0.15, 0.2) is 0 Å². The number of rotatable bonds is 4. The number of nitrogens with zero attached hydrogens (tertiary/aromatic N) is 1. The number of fused-ring (bicyclic) bond motifs is 3. The van der Waals surface area contributed by atoms with Crippen molar-refractivity contribution in [2.45, 2.75) is 43.4 Å². The van der Waals surface area contributed by atoms with Crippen molar-refractivity contribution in [2.75, 3.05) is 19.3 Å². The summed E-state index contributed by atoms with van der Waals surface area (Å²) in [4.78, 5) is 15.5. The Morgan fingerprint density at radius 3 is 2.45 bits per heavy atom. The number of benzene rings is 2. The predicted molar refractivity (Wildman–Crippen MR) is 115 cm³/mol. The normalized spacial score (nSPS) is 24.7. The number of hydrogen-bond acceptors (Lipinski definition) is 3. The molecule has 2 aromatic carbocycles. The minimum absolute atomic E-state index is 0.156. The maximum atomic E-state index is 13.4. The van der Waals surface area contributed by atoms with Gasteiger partial charge in [0, 0.05) is 17.6 Å². The molecule has 31 heavy (non-hydrogen) atoms. The Labute approximate surface area is 184 Å². The summed E-state index contributed by atoms with van der Waals surface area (Å²) in [5, 5.41) is 2.76. The highest BCUT2D eigenvalue weighted by atomic mass is 35.5. The first kappa shape index (κ1) is 22.0. The van der Waals surface area contributed by atoms with Gasteiger partial charge in [0.1, 0.15) is 0 Å². The van der Waals surface area contributed by atoms with E-state index in [1.165, 1.54) is 6.07 Å². The van der Waals surface area contributed by atoms with Gasteiger partial charge in [-0.05, 0) is 56.3 Å². The van der Waals surface area contributed by atoms with E-state index in [0.29, 0.717) is 5.92 Å². The number of halogens is 4. The quantitative estimate of drug-likeness (QED) is 0.621. The highest BCUT2D eigenvalue weighted by molar-refractivity contribution is 6.33. The summed E-state index contributed by atoms with van der Waals surface area (Å²) in [5.41, 5.74) is 4.34. The van der Waals surface area contributed by atoms with Crippen LogP contribution >= 0.6 is 11.6 Å². The zero-order valence-electron chi connectivity index (χ0n) is 17.2. The molecule has 0 spiro atoms. The molecule has 1 atom stereocenters. The summed E-state index contributed by atoms with van der Waals surface area (Å²) in [7, 11) is 2.06. The fourth-order valence-corrected chi connectivity index (χ4v) is 5.41. The first-order chi connectivity index (χ1) is 14.6. The molecular weight excluding hydrogens is 427 g/mol. The molecular formula is C23H25ClF3N3O. The van der Waals surface area contributed by atoms with Gasteiger partial charge in [-0.1, -0.05) is 41.9 Å². The maximum absolute atomic E-state index is 13.4. The molecule has 1 amide bonds. The van der Waals surface area contributed by atoms with Crippen LogP contribution in [0.15, 0.2) is 42.5 Å². The van der Waals surface area contributed by atoms with E-state index in [4.69, 9.17) is 17.3 Å². The minimum atomic E-state index is -4.70. The number of carbonyl (C=O) groups excluding carboxylic acids is 1. The average molecular weight is 452 g/mol. The number of nitrogens with one attached hydrogen (secondary N) is 1. The van der Waals surface area contributed by atoms with Crippen LogP contribution in [0.2, 0.25) is 5.02 Å². The second-order valence-corrected chi connectivity index (χ2v) is 9.07. The number of alkyl halides is 3. The summed E-state index contributed by atoms with van der Waals surface area (Å²) in [6.45, 7) is 0.950. The van der Waals surface area contributed by atoms with E-state index in [0.717, 1.165) is 43.9 Å². The highest BCUT2D eigenvalue weighted by Gasteiger charge is 2.50. The van der Waals surface area contributed by atoms with Gasteiger partial charge in [0.25, 0.3) is 5.91 Å². The minimum Gasteiger partial charge on any atom is -0.397 e. The summed E-state index contributed by atoms with van der Waals surface area (Å²) in [6, 6.07) is 11.2. The molecule has 2 aliphatic heterocycles. The first-order valence-electron chi connectivity index (χ1n) is 10.3. The third-order valence-corrected chi connectivity index (χ3v) is 7.22. The van der Waals surface area contributed by atoms with Gasteiger partial charge in [-0.25, -0.2) is 0 Å². The average Bonchev–Trinajstić information content (AvgIpc) is 2.74. The number of nitrogens with two attached hydrogens (primary N) is 1. The first-order valence-corrected chi connectivity index (χ1v) is 10.7. The number of anilines is 1. The zero-order chi connectivity index (χ0) is 22.4. The van der Waals surface area contributed by atoms with Crippen LogP contribution in [0.5, 0.6) is 0 Å². The van der Waals surface area contributed by atoms with Gasteiger partial charge in [-0.15, -0.1) is 0 Å². The zero-order valence-corrected chi connectivity index (χ0v) is 17.9. The van der Waals surface area contributed by atoms with E-state index in [2.05, 4.69) is 17.3 Å². The summed E-state index contributed by atoms with van der Waals surface area (Å²) < 4.78 is 40.2. The lowest BCUT2D eigenvalue weighted by Gasteiger charge is -2.57. The summed E-state index contributed by atoms with van der Waals surface area (Å²) in [6.07, 6.45) is -0.705. The molecule has 4 nitrogen and oxygen atoms in total. The third kappa shape index (κ3) is 4.01. The van der Waals surface area contributed by atoms with Crippen LogP contribution in [0.25, 0.3) is 0 Å². The smallest absolute Gasteiger partial charge is 0.397 e. The van der Waals surface area contributed by atoms with Gasteiger partial charge in [-0.2, -0.15) is 13.2 Å². The second-order valence-electron chi connectivity index (χ2n) is 8.66. The molecule has 2 saturated heterocycles. The lowest BCUT2D eigenvalue weighted by Crippen LogP contribution is -2.62. The standard InChI is InChI=1S/C23H25ClF3N3O/c1-30-13-14-7-9-22(30,10-8-14)20(15-5-3-2-4-6-15)29-21(31)16-11-17(23(25,26)27)19(28)18(24)12-16/h2-6,11-12,14,20H,7-10,13,28H2,1H3,(H,29,31). The molecule has 1 aliphatic carbocycles. The monoisotopic (exact) mass is 451 g/mol. The van der Waals surface area contributed by atoms with Gasteiger partial charge in [0.2, 0.25) is 0 Å². The van der Waals surface area contributed by atoms with E-state index >= 15 is 0 Å². The second kappa shape index (κ2) is 8.02. The Morgan fingerprint density at radius 2 is 1.87 bits per heavy atom. The molecule has 0 radical (unpaired) electrons. The van der Waals surface area contributed by atoms with Crippen molar-refractivity contribution in [3.8, 4) is 0 Å². The molecule has 3 aliphatic rings. The van der Waals surface area contributed by atoms with E-state index in [1.807, 2.05) is 30.3 Å². The van der Waals surface area contributed by atoms with Crippen LogP contribution in [0.4, 0.5) is 18.9 Å². The van der Waals surface area contributed by atoms with Gasteiger partial charge in [-0.3, -0.25) is 9.69 Å². The molecule has 166 valence electrons. The lowest BCUT2D eigenvalue weighted by molar-refractivity contribution is -0.136. The van der Waals surface area contributed by atoms with Crippen LogP contribution in [-0.4, -0.2) is 29.9 Å². The van der Waals surface area contributed by atoms with E-state index in [-0.39, 0.29) is 22.2 Å². The number of likely N-dealkylation sites (N-methyl/N-ethyl adjacent to an activating group) is 1. The lowest BCUT2D eigenvalue weighted by atomic mass is 9.66. The van der Waals surface area contributed by atoms with E-state index in [1.54, 1.807) is 0 Å². The number of piperidine rings is 2. The topological polar surface area (TPSA) is 58.4 Å². The summed E-state index contributed by atoms with van der Waals surface area (Å²) in [5.74, 6) is 0.0565. The fraction of sp³-hybridized carbons (Fsp3) is 0.435. The Balaban J connectivity index is 1.72. The van der Waals surface area contributed by atoms with Gasteiger partial charge < -0.3 is 11.1 Å².